The molecule has 1 fully saturated rings. The Kier molecular flexibility index (Phi) is 6.87. The summed E-state index contributed by atoms with van der Waals surface area (Å²) in [5, 5.41) is 14.1. The van der Waals surface area contributed by atoms with Crippen LogP contribution in [-0.4, -0.2) is 16.9 Å². The number of carbonyl (C=O) groups is 2. The third-order valence-electron chi connectivity index (χ3n) is 4.82. The van der Waals surface area contributed by atoms with Gasteiger partial charge in [-0.25, -0.2) is 9.69 Å². The van der Waals surface area contributed by atoms with E-state index in [1.54, 1.807) is 48.5 Å². The monoisotopic (exact) mass is 561 g/mol. The van der Waals surface area contributed by atoms with Crippen LogP contribution in [0.1, 0.15) is 11.1 Å². The van der Waals surface area contributed by atoms with Gasteiger partial charge in [0.05, 0.1) is 20.1 Å². The number of nitro groups is 1. The Morgan fingerprint density at radius 1 is 1.06 bits per heavy atom. The minimum Gasteiger partial charge on any atom is -0.486 e. The lowest BCUT2D eigenvalue weighted by Gasteiger charge is -2.12. The zero-order chi connectivity index (χ0) is 24.4. The highest BCUT2D eigenvalue weighted by Gasteiger charge is 2.34. The van der Waals surface area contributed by atoms with Gasteiger partial charge in [-0.05, 0) is 81.7 Å². The summed E-state index contributed by atoms with van der Waals surface area (Å²) in [7, 11) is 0. The first-order valence-electron chi connectivity index (χ1n) is 9.71. The van der Waals surface area contributed by atoms with E-state index in [1.165, 1.54) is 18.2 Å². The topological polar surface area (TPSA) is 102 Å². The number of halogens is 3. The lowest BCUT2D eigenvalue weighted by molar-refractivity contribution is -0.384. The van der Waals surface area contributed by atoms with Gasteiger partial charge >= 0.3 is 6.03 Å². The number of anilines is 1. The Morgan fingerprint density at radius 2 is 1.74 bits per heavy atom. The van der Waals surface area contributed by atoms with Crippen LogP contribution in [0.25, 0.3) is 6.08 Å². The van der Waals surface area contributed by atoms with E-state index in [0.29, 0.717) is 26.5 Å². The molecule has 4 rings (SSSR count). The van der Waals surface area contributed by atoms with E-state index in [9.17, 15) is 19.7 Å². The van der Waals surface area contributed by atoms with E-state index in [4.69, 9.17) is 27.9 Å². The van der Waals surface area contributed by atoms with Crippen molar-refractivity contribution in [2.45, 2.75) is 6.61 Å². The van der Waals surface area contributed by atoms with Gasteiger partial charge in [0.1, 0.15) is 12.3 Å². The molecule has 3 aromatic rings. The number of hydrogen-bond donors (Lipinski definition) is 1. The normalized spacial score (nSPS) is 14.4. The Labute approximate surface area is 212 Å². The van der Waals surface area contributed by atoms with Crippen LogP contribution < -0.4 is 15.0 Å². The van der Waals surface area contributed by atoms with Crippen molar-refractivity contribution in [2.24, 2.45) is 0 Å². The number of non-ortho nitro benzene ring substituents is 1. The van der Waals surface area contributed by atoms with E-state index < -0.39 is 16.9 Å². The summed E-state index contributed by atoms with van der Waals surface area (Å²) >= 11 is 15.7. The van der Waals surface area contributed by atoms with Crippen LogP contribution in [0.4, 0.5) is 16.2 Å². The van der Waals surface area contributed by atoms with Crippen LogP contribution in [0.2, 0.25) is 10.0 Å². The number of nitrogens with one attached hydrogen (secondary N) is 1. The summed E-state index contributed by atoms with van der Waals surface area (Å²) in [6.45, 7) is 0.140. The third-order valence-corrected chi connectivity index (χ3v) is 5.95. The fourth-order valence-electron chi connectivity index (χ4n) is 3.20. The summed E-state index contributed by atoms with van der Waals surface area (Å²) in [5.74, 6) is -0.148. The molecular weight excluding hydrogens is 549 g/mol. The highest BCUT2D eigenvalue weighted by atomic mass is 79.9. The number of amides is 3. The van der Waals surface area contributed by atoms with Gasteiger partial charge < -0.3 is 10.1 Å². The number of carbonyl (C=O) groups excluding carboxylic acids is 2. The van der Waals surface area contributed by atoms with Gasteiger partial charge in [-0.3, -0.25) is 14.9 Å². The van der Waals surface area contributed by atoms with Crippen molar-refractivity contribution in [3.63, 3.8) is 0 Å². The zero-order valence-corrected chi connectivity index (χ0v) is 20.2. The first kappa shape index (κ1) is 23.7. The van der Waals surface area contributed by atoms with Crippen LogP contribution in [0.15, 0.2) is 70.8 Å². The minimum absolute atomic E-state index is 0.0106. The van der Waals surface area contributed by atoms with E-state index in [0.717, 1.165) is 10.5 Å². The molecule has 0 spiro atoms. The van der Waals surface area contributed by atoms with Crippen LogP contribution in [0.5, 0.6) is 5.75 Å². The molecule has 11 heteroatoms. The standard InChI is InChI=1S/C23H14BrCl2N3O5/c24-18-9-14(10-19(26)21(18)34-12-13-1-5-17(6-2-13)29(32)33)11-20-22(30)28(23(31)27-20)16-7-3-15(25)4-8-16/h1-11H,12H2,(H,27,31)/b20-11+. The van der Waals surface area contributed by atoms with Crippen molar-refractivity contribution in [3.8, 4) is 5.75 Å². The summed E-state index contributed by atoms with van der Waals surface area (Å²) in [4.78, 5) is 36.5. The summed E-state index contributed by atoms with van der Waals surface area (Å²) in [6, 6.07) is 15.0. The number of rotatable bonds is 6. The Balaban J connectivity index is 1.51. The summed E-state index contributed by atoms with van der Waals surface area (Å²) in [6.07, 6.45) is 1.51. The minimum atomic E-state index is -0.577. The number of urea groups is 1. The first-order valence-corrected chi connectivity index (χ1v) is 11.3. The van der Waals surface area contributed by atoms with Crippen LogP contribution in [0, 0.1) is 10.1 Å². The predicted molar refractivity (Wildman–Crippen MR) is 132 cm³/mol. The van der Waals surface area contributed by atoms with Gasteiger partial charge in [0, 0.05) is 17.2 Å². The van der Waals surface area contributed by atoms with Gasteiger partial charge in [0.2, 0.25) is 0 Å². The van der Waals surface area contributed by atoms with Gasteiger partial charge in [0.15, 0.2) is 5.75 Å². The molecule has 1 saturated heterocycles. The van der Waals surface area contributed by atoms with Crippen LogP contribution in [-0.2, 0) is 11.4 Å². The smallest absolute Gasteiger partial charge is 0.333 e. The molecule has 1 N–H and O–H groups in total. The summed E-state index contributed by atoms with van der Waals surface area (Å²) in [5.41, 5.74) is 1.75. The van der Waals surface area contributed by atoms with E-state index in [1.807, 2.05) is 0 Å². The molecule has 0 aromatic heterocycles. The molecule has 0 saturated carbocycles. The SMILES string of the molecule is O=C1N/C(=C/c2cc(Cl)c(OCc3ccc([N+](=O)[O-])cc3)c(Br)c2)C(=O)N1c1ccc(Cl)cc1. The molecule has 1 heterocycles. The van der Waals surface area contributed by atoms with Crippen molar-refractivity contribution in [2.75, 3.05) is 4.90 Å². The number of ether oxygens (including phenoxy) is 1. The fraction of sp³-hybridized carbons (Fsp3) is 0.0435. The third kappa shape index (κ3) is 5.06. The summed E-state index contributed by atoms with van der Waals surface area (Å²) < 4.78 is 6.30. The quantitative estimate of drug-likeness (QED) is 0.163. The molecule has 0 radical (unpaired) electrons. The largest absolute Gasteiger partial charge is 0.486 e. The Bertz CT molecular complexity index is 1300. The maximum atomic E-state index is 12.8. The van der Waals surface area contributed by atoms with Gasteiger partial charge in [-0.2, -0.15) is 0 Å². The molecule has 0 bridgehead atoms. The first-order chi connectivity index (χ1) is 16.2. The maximum absolute atomic E-state index is 12.8. The molecule has 0 aliphatic carbocycles. The Morgan fingerprint density at radius 3 is 2.35 bits per heavy atom. The second-order valence-electron chi connectivity index (χ2n) is 7.13. The van der Waals surface area contributed by atoms with Crippen molar-refractivity contribution >= 4 is 68.5 Å². The van der Waals surface area contributed by atoms with Gasteiger partial charge in [-0.15, -0.1) is 0 Å². The van der Waals surface area contributed by atoms with E-state index in [-0.39, 0.29) is 23.0 Å². The number of nitro benzene ring substituents is 1. The molecule has 1 aliphatic rings. The van der Waals surface area contributed by atoms with Crippen molar-refractivity contribution in [1.29, 1.82) is 0 Å². The van der Waals surface area contributed by atoms with Gasteiger partial charge in [0.25, 0.3) is 11.6 Å². The average Bonchev–Trinajstić information content (AvgIpc) is 3.07. The number of hydrogen-bond acceptors (Lipinski definition) is 5. The lowest BCUT2D eigenvalue weighted by atomic mass is 10.1. The van der Waals surface area contributed by atoms with Gasteiger partial charge in [-0.1, -0.05) is 23.2 Å². The molecule has 1 aliphatic heterocycles. The molecule has 172 valence electrons. The molecule has 0 atom stereocenters. The number of benzene rings is 3. The van der Waals surface area contributed by atoms with E-state index >= 15 is 0 Å². The van der Waals surface area contributed by atoms with Crippen molar-refractivity contribution in [1.82, 2.24) is 5.32 Å². The number of imide groups is 1. The van der Waals surface area contributed by atoms with Crippen LogP contribution in [0.3, 0.4) is 0 Å². The zero-order valence-electron chi connectivity index (χ0n) is 17.1. The lowest BCUT2D eigenvalue weighted by Crippen LogP contribution is -2.30. The molecule has 3 aromatic carbocycles. The second kappa shape index (κ2) is 9.84. The fourth-order valence-corrected chi connectivity index (χ4v) is 4.31. The number of nitrogens with zero attached hydrogens (tertiary/aromatic N) is 2. The van der Waals surface area contributed by atoms with E-state index in [2.05, 4.69) is 21.2 Å². The second-order valence-corrected chi connectivity index (χ2v) is 8.83. The van der Waals surface area contributed by atoms with Crippen molar-refractivity contribution in [3.05, 3.63) is 102 Å². The average molecular weight is 563 g/mol. The molecule has 8 nitrogen and oxygen atoms in total. The molecule has 3 amide bonds. The van der Waals surface area contributed by atoms with Crippen LogP contribution >= 0.6 is 39.1 Å². The highest BCUT2D eigenvalue weighted by Crippen LogP contribution is 2.36. The Hall–Kier alpha value is -3.40. The van der Waals surface area contributed by atoms with Crippen molar-refractivity contribution < 1.29 is 19.2 Å². The molecule has 34 heavy (non-hydrogen) atoms. The molecule has 0 unspecified atom stereocenters. The molecular formula is C23H14BrCl2N3O5. The maximum Gasteiger partial charge on any atom is 0.333 e. The highest BCUT2D eigenvalue weighted by molar-refractivity contribution is 9.10. The predicted octanol–water partition coefficient (Wildman–Crippen LogP) is 6.34.